The molecule has 0 aliphatic carbocycles. The van der Waals surface area contributed by atoms with E-state index >= 15 is 0 Å². The molecule has 0 amide bonds. The number of hydrogen-bond acceptors (Lipinski definition) is 2. The zero-order chi connectivity index (χ0) is 19.3. The molecule has 0 aliphatic heterocycles. The molecule has 148 valence electrons. The first-order valence-corrected chi connectivity index (χ1v) is 10.5. The van der Waals surface area contributed by atoms with Crippen LogP contribution >= 0.6 is 0 Å². The minimum atomic E-state index is -0.974. The molecule has 27 heavy (non-hydrogen) atoms. The first kappa shape index (κ1) is 21.4. The number of rotatable bonds is 13. The van der Waals surface area contributed by atoms with Crippen molar-refractivity contribution in [1.29, 1.82) is 0 Å². The third-order valence-corrected chi connectivity index (χ3v) is 4.78. The molecular formula is C24H34FNO. The Bertz CT molecular complexity index is 622. The van der Waals surface area contributed by atoms with E-state index in [4.69, 9.17) is 4.74 Å². The molecule has 0 aliphatic rings. The smallest absolute Gasteiger partial charge is 0.137 e. The normalized spacial score (nSPS) is 12.1. The third-order valence-electron chi connectivity index (χ3n) is 4.78. The summed E-state index contributed by atoms with van der Waals surface area (Å²) in [6.45, 7) is 3.81. The first-order chi connectivity index (χ1) is 13.2. The van der Waals surface area contributed by atoms with Crippen LogP contribution in [0.2, 0.25) is 0 Å². The first-order valence-electron chi connectivity index (χ1n) is 10.5. The van der Waals surface area contributed by atoms with E-state index in [0.717, 1.165) is 17.7 Å². The number of aryl methyl sites for hydroxylation is 1. The maximum absolute atomic E-state index is 12.8. The average molecular weight is 372 g/mol. The van der Waals surface area contributed by atoms with Gasteiger partial charge in [0.05, 0.1) is 11.9 Å². The number of aromatic nitrogens is 1. The third kappa shape index (κ3) is 8.55. The van der Waals surface area contributed by atoms with Gasteiger partial charge in [-0.05, 0) is 37.5 Å². The second-order valence-electron chi connectivity index (χ2n) is 7.39. The predicted molar refractivity (Wildman–Crippen MR) is 112 cm³/mol. The van der Waals surface area contributed by atoms with Crippen LogP contribution in [0.15, 0.2) is 42.6 Å². The van der Waals surface area contributed by atoms with Gasteiger partial charge in [-0.2, -0.15) is 0 Å². The molecule has 1 unspecified atom stereocenters. The monoisotopic (exact) mass is 371 g/mol. The van der Waals surface area contributed by atoms with Gasteiger partial charge in [0.25, 0.3) is 0 Å². The lowest BCUT2D eigenvalue weighted by molar-refractivity contribution is 0.209. The van der Waals surface area contributed by atoms with Crippen LogP contribution in [0.5, 0.6) is 5.75 Å². The number of alkyl halides is 1. The van der Waals surface area contributed by atoms with E-state index in [1.807, 2.05) is 12.1 Å². The van der Waals surface area contributed by atoms with Crippen molar-refractivity contribution in [2.45, 2.75) is 77.8 Å². The van der Waals surface area contributed by atoms with Crippen molar-refractivity contribution in [3.05, 3.63) is 48.2 Å². The molecule has 0 saturated heterocycles. The standard InChI is InChI=1S/C24H34FNO/c1-3-4-5-6-7-8-9-10-11-21-12-14-22(15-13-21)24-17-16-23(18-26-24)27-19-20(2)25/h12-18,20H,3-11,19H2,1-2H3. The molecule has 0 saturated carbocycles. The van der Waals surface area contributed by atoms with Gasteiger partial charge in [-0.3, -0.25) is 4.98 Å². The molecule has 1 aromatic heterocycles. The number of nitrogens with zero attached hydrogens (tertiary/aromatic N) is 1. The maximum atomic E-state index is 12.8. The highest BCUT2D eigenvalue weighted by atomic mass is 19.1. The maximum Gasteiger partial charge on any atom is 0.137 e. The average Bonchev–Trinajstić information content (AvgIpc) is 2.69. The summed E-state index contributed by atoms with van der Waals surface area (Å²) in [6, 6.07) is 12.4. The summed E-state index contributed by atoms with van der Waals surface area (Å²) >= 11 is 0. The Morgan fingerprint density at radius 3 is 2.15 bits per heavy atom. The topological polar surface area (TPSA) is 22.1 Å². The van der Waals surface area contributed by atoms with Gasteiger partial charge in [-0.25, -0.2) is 4.39 Å². The lowest BCUT2D eigenvalue weighted by Crippen LogP contribution is -2.08. The molecule has 3 heteroatoms. The van der Waals surface area contributed by atoms with Gasteiger partial charge in [-0.1, -0.05) is 76.1 Å². The van der Waals surface area contributed by atoms with E-state index in [9.17, 15) is 4.39 Å². The second-order valence-corrected chi connectivity index (χ2v) is 7.39. The molecule has 2 aromatic rings. The van der Waals surface area contributed by atoms with Crippen LogP contribution in [-0.2, 0) is 6.42 Å². The molecule has 1 atom stereocenters. The Morgan fingerprint density at radius 1 is 0.889 bits per heavy atom. The summed E-state index contributed by atoms with van der Waals surface area (Å²) in [5.74, 6) is 0.606. The van der Waals surface area contributed by atoms with E-state index in [0.29, 0.717) is 5.75 Å². The van der Waals surface area contributed by atoms with Gasteiger partial charge < -0.3 is 4.74 Å². The van der Waals surface area contributed by atoms with Crippen LogP contribution in [-0.4, -0.2) is 17.8 Å². The van der Waals surface area contributed by atoms with Crippen LogP contribution in [0.1, 0.15) is 70.8 Å². The van der Waals surface area contributed by atoms with Crippen LogP contribution in [0, 0.1) is 0 Å². The number of halogens is 1. The van der Waals surface area contributed by atoms with Crippen LogP contribution in [0.4, 0.5) is 4.39 Å². The fourth-order valence-electron chi connectivity index (χ4n) is 3.15. The van der Waals surface area contributed by atoms with Crippen molar-refractivity contribution in [2.75, 3.05) is 6.61 Å². The number of hydrogen-bond donors (Lipinski definition) is 0. The van der Waals surface area contributed by atoms with Gasteiger partial charge >= 0.3 is 0 Å². The molecule has 0 radical (unpaired) electrons. The van der Waals surface area contributed by atoms with Gasteiger partial charge in [0, 0.05) is 5.56 Å². The highest BCUT2D eigenvalue weighted by Crippen LogP contribution is 2.21. The number of unbranched alkanes of at least 4 members (excludes halogenated alkanes) is 7. The molecule has 2 nitrogen and oxygen atoms in total. The Labute approximate surface area is 164 Å². The van der Waals surface area contributed by atoms with Crippen LogP contribution in [0.3, 0.4) is 0 Å². The quantitative estimate of drug-likeness (QED) is 0.348. The molecule has 1 heterocycles. The highest BCUT2D eigenvalue weighted by Gasteiger charge is 2.03. The lowest BCUT2D eigenvalue weighted by Gasteiger charge is -2.08. The SMILES string of the molecule is CCCCCCCCCCc1ccc(-c2ccc(OCC(C)F)cn2)cc1. The van der Waals surface area contributed by atoms with Gasteiger partial charge in [0.15, 0.2) is 0 Å². The molecule has 2 rings (SSSR count). The predicted octanol–water partition coefficient (Wildman–Crippen LogP) is 7.17. The summed E-state index contributed by atoms with van der Waals surface area (Å²) in [7, 11) is 0. The summed E-state index contributed by atoms with van der Waals surface area (Å²) in [4.78, 5) is 4.43. The highest BCUT2D eigenvalue weighted by molar-refractivity contribution is 5.59. The number of pyridine rings is 1. The van der Waals surface area contributed by atoms with E-state index in [2.05, 4.69) is 36.2 Å². The number of benzene rings is 1. The van der Waals surface area contributed by atoms with Gasteiger partial charge in [0.1, 0.15) is 18.5 Å². The Balaban J connectivity index is 1.71. The molecule has 1 aromatic carbocycles. The van der Waals surface area contributed by atoms with E-state index in [-0.39, 0.29) is 6.61 Å². The summed E-state index contributed by atoms with van der Waals surface area (Å²) in [5.41, 5.74) is 3.40. The molecule has 0 fully saturated rings. The minimum Gasteiger partial charge on any atom is -0.489 e. The van der Waals surface area contributed by atoms with Gasteiger partial charge in [-0.15, -0.1) is 0 Å². The zero-order valence-electron chi connectivity index (χ0n) is 16.9. The summed E-state index contributed by atoms with van der Waals surface area (Å²) in [6.07, 6.45) is 12.7. The fraction of sp³-hybridized carbons (Fsp3) is 0.542. The van der Waals surface area contributed by atoms with Crippen molar-refractivity contribution < 1.29 is 9.13 Å². The van der Waals surface area contributed by atoms with Crippen LogP contribution < -0.4 is 4.74 Å². The lowest BCUT2D eigenvalue weighted by atomic mass is 10.0. The summed E-state index contributed by atoms with van der Waals surface area (Å²) < 4.78 is 18.1. The molecule has 0 spiro atoms. The zero-order valence-corrected chi connectivity index (χ0v) is 16.9. The molecular weight excluding hydrogens is 337 g/mol. The fourth-order valence-corrected chi connectivity index (χ4v) is 3.15. The van der Waals surface area contributed by atoms with Crippen molar-refractivity contribution >= 4 is 0 Å². The van der Waals surface area contributed by atoms with E-state index < -0.39 is 6.17 Å². The Kier molecular flexibility index (Phi) is 9.89. The second kappa shape index (κ2) is 12.5. The van der Waals surface area contributed by atoms with Crippen LogP contribution in [0.25, 0.3) is 11.3 Å². The van der Waals surface area contributed by atoms with E-state index in [1.54, 1.807) is 6.20 Å². The van der Waals surface area contributed by atoms with Crippen molar-refractivity contribution in [3.8, 4) is 17.0 Å². The van der Waals surface area contributed by atoms with E-state index in [1.165, 1.54) is 63.9 Å². The molecule has 0 bridgehead atoms. The van der Waals surface area contributed by atoms with Crippen molar-refractivity contribution in [1.82, 2.24) is 4.98 Å². The Hall–Kier alpha value is -1.90. The van der Waals surface area contributed by atoms with Crippen molar-refractivity contribution in [2.24, 2.45) is 0 Å². The van der Waals surface area contributed by atoms with Gasteiger partial charge in [0.2, 0.25) is 0 Å². The largest absolute Gasteiger partial charge is 0.489 e. The summed E-state index contributed by atoms with van der Waals surface area (Å²) in [5, 5.41) is 0. The minimum absolute atomic E-state index is 0.0640. The van der Waals surface area contributed by atoms with Crippen molar-refractivity contribution in [3.63, 3.8) is 0 Å². The number of ether oxygens (including phenoxy) is 1. The Morgan fingerprint density at radius 2 is 1.56 bits per heavy atom. The molecule has 0 N–H and O–H groups in total.